The first-order valence-corrected chi connectivity index (χ1v) is 5.49. The van der Waals surface area contributed by atoms with E-state index in [4.69, 9.17) is 10.2 Å². The molecule has 0 bridgehead atoms. The molecule has 1 rings (SSSR count). The molecule has 1 heterocycles. The average Bonchev–Trinajstić information content (AvgIpc) is 2.81. The van der Waals surface area contributed by atoms with Crippen LogP contribution < -0.4 is 10.6 Å². The fourth-order valence-electron chi connectivity index (χ4n) is 1.32. The summed E-state index contributed by atoms with van der Waals surface area (Å²) in [5, 5.41) is 22.2. The normalized spacial score (nSPS) is 11.8. The number of aromatic nitrogens is 2. The van der Waals surface area contributed by atoms with Gasteiger partial charge >= 0.3 is 12.0 Å². The van der Waals surface area contributed by atoms with E-state index in [0.717, 1.165) is 5.82 Å². The lowest BCUT2D eigenvalue weighted by Crippen LogP contribution is -2.46. The van der Waals surface area contributed by atoms with Crippen molar-refractivity contribution in [3.8, 4) is 0 Å². The summed E-state index contributed by atoms with van der Waals surface area (Å²) in [5.74, 6) is -0.439. The summed E-state index contributed by atoms with van der Waals surface area (Å²) in [5.41, 5.74) is 0. The van der Waals surface area contributed by atoms with Gasteiger partial charge in [0.05, 0.1) is 0 Å². The van der Waals surface area contributed by atoms with Crippen molar-refractivity contribution in [3.63, 3.8) is 0 Å². The Morgan fingerprint density at radius 1 is 1.50 bits per heavy atom. The summed E-state index contributed by atoms with van der Waals surface area (Å²) >= 11 is 0. The maximum atomic E-state index is 11.4. The van der Waals surface area contributed by atoms with Crippen molar-refractivity contribution in [3.05, 3.63) is 18.2 Å². The number of carboxylic acid groups (broad SMARTS) is 1. The third kappa shape index (κ3) is 4.83. The van der Waals surface area contributed by atoms with Gasteiger partial charge in [0.2, 0.25) is 0 Å². The number of hydrogen-bond donors (Lipinski definition) is 5. The summed E-state index contributed by atoms with van der Waals surface area (Å²) in [6.07, 6.45) is 3.79. The highest BCUT2D eigenvalue weighted by molar-refractivity contribution is 5.82. The summed E-state index contributed by atoms with van der Waals surface area (Å²) in [7, 11) is 0. The number of aliphatic hydroxyl groups excluding tert-OH is 1. The number of amides is 2. The van der Waals surface area contributed by atoms with E-state index in [-0.39, 0.29) is 13.0 Å². The first kappa shape index (κ1) is 14.0. The topological polar surface area (TPSA) is 127 Å². The molecule has 0 radical (unpaired) electrons. The monoisotopic (exact) mass is 256 g/mol. The molecule has 1 aromatic rings. The second-order valence-corrected chi connectivity index (χ2v) is 3.59. The van der Waals surface area contributed by atoms with Gasteiger partial charge in [0.25, 0.3) is 0 Å². The largest absolute Gasteiger partial charge is 0.480 e. The number of imidazole rings is 1. The lowest BCUT2D eigenvalue weighted by atomic mass is 10.2. The molecule has 18 heavy (non-hydrogen) atoms. The minimum absolute atomic E-state index is 0.0268. The van der Waals surface area contributed by atoms with Crippen LogP contribution in [-0.2, 0) is 11.2 Å². The van der Waals surface area contributed by atoms with Crippen molar-refractivity contribution in [1.29, 1.82) is 0 Å². The number of carbonyl (C=O) groups excluding carboxylic acids is 1. The summed E-state index contributed by atoms with van der Waals surface area (Å²) < 4.78 is 0. The van der Waals surface area contributed by atoms with Gasteiger partial charge in [-0.2, -0.15) is 0 Å². The Labute approximate surface area is 103 Å². The van der Waals surface area contributed by atoms with Crippen molar-refractivity contribution < 1.29 is 19.8 Å². The Hall–Kier alpha value is -2.09. The Balaban J connectivity index is 2.25. The van der Waals surface area contributed by atoms with Crippen LogP contribution in [0.2, 0.25) is 0 Å². The molecule has 0 fully saturated rings. The Bertz CT molecular complexity index is 379. The van der Waals surface area contributed by atoms with E-state index in [1.54, 1.807) is 12.4 Å². The van der Waals surface area contributed by atoms with Crippen LogP contribution >= 0.6 is 0 Å². The first-order chi connectivity index (χ1) is 8.63. The standard InChI is InChI=1S/C10H16N4O4/c15-6-2-7(9(16)17)14-10(18)13-3-1-8-11-4-5-12-8/h4-5,7,15H,1-3,6H2,(H,11,12)(H,16,17)(H2,13,14,18). The molecule has 0 aliphatic rings. The maximum Gasteiger partial charge on any atom is 0.326 e. The Morgan fingerprint density at radius 2 is 2.28 bits per heavy atom. The molecular formula is C10H16N4O4. The second kappa shape index (κ2) is 7.28. The van der Waals surface area contributed by atoms with E-state index in [2.05, 4.69) is 20.6 Å². The van der Waals surface area contributed by atoms with Crippen LogP contribution in [0.5, 0.6) is 0 Å². The molecule has 8 heteroatoms. The lowest BCUT2D eigenvalue weighted by Gasteiger charge is -2.13. The predicted octanol–water partition coefficient (Wildman–Crippen LogP) is -0.913. The number of rotatable bonds is 7. The van der Waals surface area contributed by atoms with Gasteiger partial charge in [-0.1, -0.05) is 0 Å². The molecule has 0 saturated carbocycles. The lowest BCUT2D eigenvalue weighted by molar-refractivity contribution is -0.139. The number of nitrogens with zero attached hydrogens (tertiary/aromatic N) is 1. The van der Waals surface area contributed by atoms with E-state index in [1.807, 2.05) is 0 Å². The van der Waals surface area contributed by atoms with E-state index in [0.29, 0.717) is 13.0 Å². The fourth-order valence-corrected chi connectivity index (χ4v) is 1.32. The van der Waals surface area contributed by atoms with Crippen LogP contribution in [0.1, 0.15) is 12.2 Å². The van der Waals surface area contributed by atoms with Gasteiger partial charge in [-0.05, 0) is 0 Å². The zero-order valence-corrected chi connectivity index (χ0v) is 9.72. The quantitative estimate of drug-likeness (QED) is 0.431. The number of aromatic amines is 1. The van der Waals surface area contributed by atoms with Gasteiger partial charge in [-0.3, -0.25) is 0 Å². The van der Waals surface area contributed by atoms with Crippen molar-refractivity contribution in [2.45, 2.75) is 18.9 Å². The third-order valence-corrected chi connectivity index (χ3v) is 2.22. The molecule has 8 nitrogen and oxygen atoms in total. The second-order valence-electron chi connectivity index (χ2n) is 3.59. The zero-order valence-electron chi connectivity index (χ0n) is 9.72. The minimum Gasteiger partial charge on any atom is -0.480 e. The van der Waals surface area contributed by atoms with Crippen LogP contribution in [0.25, 0.3) is 0 Å². The van der Waals surface area contributed by atoms with Crippen LogP contribution in [-0.4, -0.2) is 51.4 Å². The van der Waals surface area contributed by atoms with Crippen LogP contribution in [0, 0.1) is 0 Å². The molecule has 0 aliphatic heterocycles. The van der Waals surface area contributed by atoms with Crippen molar-refractivity contribution in [2.75, 3.05) is 13.2 Å². The number of carboxylic acids is 1. The van der Waals surface area contributed by atoms with Gasteiger partial charge in [0, 0.05) is 38.4 Å². The number of aliphatic carboxylic acids is 1. The van der Waals surface area contributed by atoms with Gasteiger partial charge < -0.3 is 25.8 Å². The minimum atomic E-state index is -1.18. The number of nitrogens with one attached hydrogen (secondary N) is 3. The molecule has 100 valence electrons. The van der Waals surface area contributed by atoms with Crippen molar-refractivity contribution >= 4 is 12.0 Å². The van der Waals surface area contributed by atoms with E-state index >= 15 is 0 Å². The SMILES string of the molecule is O=C(NCCc1ncc[nH]1)NC(CCO)C(=O)O. The molecule has 1 unspecified atom stereocenters. The third-order valence-electron chi connectivity index (χ3n) is 2.22. The average molecular weight is 256 g/mol. The molecule has 1 aromatic heterocycles. The Morgan fingerprint density at radius 3 is 2.83 bits per heavy atom. The van der Waals surface area contributed by atoms with Gasteiger partial charge in [0.1, 0.15) is 11.9 Å². The maximum absolute atomic E-state index is 11.4. The van der Waals surface area contributed by atoms with E-state index < -0.39 is 18.0 Å². The molecule has 0 aliphatic carbocycles. The summed E-state index contributed by atoms with van der Waals surface area (Å²) in [6.45, 7) is 0.0362. The highest BCUT2D eigenvalue weighted by Gasteiger charge is 2.18. The molecule has 0 aromatic carbocycles. The van der Waals surface area contributed by atoms with Crippen LogP contribution in [0.4, 0.5) is 4.79 Å². The Kier molecular flexibility index (Phi) is 5.65. The van der Waals surface area contributed by atoms with E-state index in [1.165, 1.54) is 0 Å². The summed E-state index contributed by atoms with van der Waals surface area (Å²) in [4.78, 5) is 28.9. The molecule has 1 atom stereocenters. The highest BCUT2D eigenvalue weighted by Crippen LogP contribution is 1.92. The fraction of sp³-hybridized carbons (Fsp3) is 0.500. The number of carbonyl (C=O) groups is 2. The zero-order chi connectivity index (χ0) is 13.4. The molecule has 0 spiro atoms. The first-order valence-electron chi connectivity index (χ1n) is 5.49. The van der Waals surface area contributed by atoms with Crippen molar-refractivity contribution in [1.82, 2.24) is 20.6 Å². The molecule has 0 saturated heterocycles. The number of H-pyrrole nitrogens is 1. The number of urea groups is 1. The number of hydrogen-bond acceptors (Lipinski definition) is 4. The van der Waals surface area contributed by atoms with Gasteiger partial charge in [0.15, 0.2) is 0 Å². The van der Waals surface area contributed by atoms with Gasteiger partial charge in [-0.25, -0.2) is 14.6 Å². The van der Waals surface area contributed by atoms with Crippen molar-refractivity contribution in [2.24, 2.45) is 0 Å². The van der Waals surface area contributed by atoms with Crippen LogP contribution in [0.15, 0.2) is 12.4 Å². The highest BCUT2D eigenvalue weighted by atomic mass is 16.4. The van der Waals surface area contributed by atoms with Gasteiger partial charge in [-0.15, -0.1) is 0 Å². The molecule has 2 amide bonds. The van der Waals surface area contributed by atoms with Crippen LogP contribution in [0.3, 0.4) is 0 Å². The molecule has 5 N–H and O–H groups in total. The smallest absolute Gasteiger partial charge is 0.326 e. The number of aliphatic hydroxyl groups is 1. The molecular weight excluding hydrogens is 240 g/mol. The van der Waals surface area contributed by atoms with E-state index in [9.17, 15) is 9.59 Å². The summed E-state index contributed by atoms with van der Waals surface area (Å²) in [6, 6.07) is -1.67. The predicted molar refractivity (Wildman–Crippen MR) is 62.0 cm³/mol.